The monoisotopic (exact) mass is 310 g/mol. The van der Waals surface area contributed by atoms with Crippen LogP contribution in [0.5, 0.6) is 5.75 Å². The van der Waals surface area contributed by atoms with Crippen LogP contribution < -0.4 is 9.88 Å². The molecule has 0 aliphatic heterocycles. The molecule has 1 heterocycles. The lowest BCUT2D eigenvalue weighted by molar-refractivity contribution is -0.137. The fraction of sp³-hybridized carbons (Fsp3) is 0.231. The van der Waals surface area contributed by atoms with Gasteiger partial charge in [0.05, 0.1) is 11.5 Å². The molecule has 1 aromatic heterocycles. The number of carboxylic acid groups (broad SMARTS) is 1. The Balaban J connectivity index is 2.32. The van der Waals surface area contributed by atoms with Crippen LogP contribution in [-0.4, -0.2) is 31.1 Å². The minimum absolute atomic E-state index is 0.000619. The first-order chi connectivity index (χ1) is 9.89. The number of rotatable bonds is 6. The summed E-state index contributed by atoms with van der Waals surface area (Å²) >= 11 is 0. The Labute approximate surface area is 121 Å². The number of fused-ring (bicyclic) bond motifs is 1. The number of benzene rings is 1. The number of carboxylic acids is 1. The van der Waals surface area contributed by atoms with Crippen LogP contribution >= 0.6 is 0 Å². The third-order valence-corrected chi connectivity index (χ3v) is 3.76. The molecule has 0 bridgehead atoms. The van der Waals surface area contributed by atoms with Crippen molar-refractivity contribution in [3.05, 3.63) is 30.5 Å². The van der Waals surface area contributed by atoms with Gasteiger partial charge in [-0.05, 0) is 30.7 Å². The van der Waals surface area contributed by atoms with Crippen LogP contribution in [0.2, 0.25) is 0 Å². The number of carbonyl (C=O) groups is 1. The highest BCUT2D eigenvalue weighted by molar-refractivity contribution is 7.89. The van der Waals surface area contributed by atoms with Crippen LogP contribution in [-0.2, 0) is 14.8 Å². The predicted molar refractivity (Wildman–Crippen MR) is 75.5 cm³/mol. The van der Waals surface area contributed by atoms with E-state index in [2.05, 4.69) is 4.98 Å². The maximum atomic E-state index is 11.5. The van der Waals surface area contributed by atoms with E-state index >= 15 is 0 Å². The Morgan fingerprint density at radius 2 is 2.10 bits per heavy atom. The van der Waals surface area contributed by atoms with Crippen molar-refractivity contribution < 1.29 is 23.1 Å². The molecule has 0 radical (unpaired) electrons. The summed E-state index contributed by atoms with van der Waals surface area (Å²) in [4.78, 5) is 14.5. The summed E-state index contributed by atoms with van der Waals surface area (Å²) in [6, 6.07) is 6.01. The number of primary sulfonamides is 1. The molecule has 0 aliphatic carbocycles. The number of nitrogens with two attached hydrogens (primary N) is 1. The van der Waals surface area contributed by atoms with E-state index in [1.54, 1.807) is 12.1 Å². The van der Waals surface area contributed by atoms with Crippen molar-refractivity contribution in [2.45, 2.75) is 17.7 Å². The van der Waals surface area contributed by atoms with Crippen molar-refractivity contribution >= 4 is 26.9 Å². The third-order valence-electron chi connectivity index (χ3n) is 2.79. The zero-order valence-electron chi connectivity index (χ0n) is 11.0. The van der Waals surface area contributed by atoms with E-state index in [4.69, 9.17) is 15.0 Å². The van der Waals surface area contributed by atoms with Crippen LogP contribution in [0, 0.1) is 0 Å². The number of aromatic nitrogens is 1. The second-order valence-corrected chi connectivity index (χ2v) is 5.88. The average molecular weight is 310 g/mol. The lowest BCUT2D eigenvalue weighted by Gasteiger charge is -2.10. The van der Waals surface area contributed by atoms with Gasteiger partial charge in [0.2, 0.25) is 10.0 Å². The van der Waals surface area contributed by atoms with Gasteiger partial charge >= 0.3 is 5.97 Å². The zero-order chi connectivity index (χ0) is 15.5. The van der Waals surface area contributed by atoms with Crippen molar-refractivity contribution in [3.63, 3.8) is 0 Å². The maximum absolute atomic E-state index is 11.5. The zero-order valence-corrected chi connectivity index (χ0v) is 11.8. The summed E-state index contributed by atoms with van der Waals surface area (Å²) < 4.78 is 28.6. The van der Waals surface area contributed by atoms with Gasteiger partial charge in [0.1, 0.15) is 11.3 Å². The molecule has 8 heteroatoms. The Hall–Kier alpha value is -2.19. The molecule has 0 amide bonds. The minimum Gasteiger partial charge on any atom is -0.491 e. The molecule has 0 saturated carbocycles. The van der Waals surface area contributed by atoms with E-state index in [-0.39, 0.29) is 17.9 Å². The second-order valence-electron chi connectivity index (χ2n) is 4.35. The molecule has 0 saturated heterocycles. The van der Waals surface area contributed by atoms with Gasteiger partial charge in [-0.3, -0.25) is 9.78 Å². The van der Waals surface area contributed by atoms with Crippen molar-refractivity contribution in [2.75, 3.05) is 6.61 Å². The first kappa shape index (κ1) is 15.2. The van der Waals surface area contributed by atoms with E-state index in [0.717, 1.165) is 0 Å². The summed E-state index contributed by atoms with van der Waals surface area (Å²) in [5.41, 5.74) is 0.374. The van der Waals surface area contributed by atoms with Crippen LogP contribution in [0.1, 0.15) is 12.8 Å². The van der Waals surface area contributed by atoms with Gasteiger partial charge in [-0.1, -0.05) is 0 Å². The van der Waals surface area contributed by atoms with E-state index in [1.165, 1.54) is 18.3 Å². The highest BCUT2D eigenvalue weighted by Gasteiger charge is 2.15. The van der Waals surface area contributed by atoms with Crippen LogP contribution in [0.25, 0.3) is 10.9 Å². The van der Waals surface area contributed by atoms with Gasteiger partial charge < -0.3 is 9.84 Å². The lowest BCUT2D eigenvalue weighted by atomic mass is 10.2. The molecule has 112 valence electrons. The minimum atomic E-state index is -3.86. The molecular weight excluding hydrogens is 296 g/mol. The number of hydrogen-bond acceptors (Lipinski definition) is 5. The van der Waals surface area contributed by atoms with Gasteiger partial charge in [0, 0.05) is 18.0 Å². The molecular formula is C13H14N2O5S. The Morgan fingerprint density at radius 1 is 1.33 bits per heavy atom. The Kier molecular flexibility index (Phi) is 4.39. The molecule has 2 rings (SSSR count). The summed E-state index contributed by atoms with van der Waals surface area (Å²) in [5, 5.41) is 14.1. The highest BCUT2D eigenvalue weighted by atomic mass is 32.2. The summed E-state index contributed by atoms with van der Waals surface area (Å²) in [6.07, 6.45) is 1.86. The van der Waals surface area contributed by atoms with E-state index < -0.39 is 16.0 Å². The van der Waals surface area contributed by atoms with Gasteiger partial charge in [-0.2, -0.15) is 0 Å². The lowest BCUT2D eigenvalue weighted by Crippen LogP contribution is -2.13. The van der Waals surface area contributed by atoms with Gasteiger partial charge in [-0.15, -0.1) is 0 Å². The Morgan fingerprint density at radius 3 is 2.76 bits per heavy atom. The normalized spacial score (nSPS) is 11.5. The predicted octanol–water partition coefficient (Wildman–Crippen LogP) is 1.13. The number of pyridine rings is 1. The van der Waals surface area contributed by atoms with E-state index in [1.807, 2.05) is 0 Å². The average Bonchev–Trinajstić information content (AvgIpc) is 2.42. The molecule has 7 nitrogen and oxygen atoms in total. The molecule has 0 spiro atoms. The Bertz CT molecular complexity index is 773. The van der Waals surface area contributed by atoms with Crippen LogP contribution in [0.3, 0.4) is 0 Å². The number of sulfonamides is 1. The third kappa shape index (κ3) is 3.67. The van der Waals surface area contributed by atoms with Gasteiger partial charge in [-0.25, -0.2) is 13.6 Å². The van der Waals surface area contributed by atoms with E-state index in [0.29, 0.717) is 23.1 Å². The molecule has 21 heavy (non-hydrogen) atoms. The number of hydrogen-bond donors (Lipinski definition) is 2. The summed E-state index contributed by atoms with van der Waals surface area (Å²) in [5.74, 6) is -0.505. The molecule has 0 aliphatic rings. The molecule has 2 aromatic rings. The molecule has 1 aromatic carbocycles. The number of nitrogens with zero attached hydrogens (tertiary/aromatic N) is 1. The first-order valence-electron chi connectivity index (χ1n) is 6.15. The molecule has 0 atom stereocenters. The van der Waals surface area contributed by atoms with Crippen molar-refractivity contribution in [3.8, 4) is 5.75 Å². The van der Waals surface area contributed by atoms with E-state index in [9.17, 15) is 13.2 Å². The fourth-order valence-corrected chi connectivity index (χ4v) is 2.62. The van der Waals surface area contributed by atoms with Crippen LogP contribution in [0.4, 0.5) is 0 Å². The second kappa shape index (κ2) is 6.06. The van der Waals surface area contributed by atoms with Crippen molar-refractivity contribution in [1.29, 1.82) is 0 Å². The smallest absolute Gasteiger partial charge is 0.303 e. The molecule has 0 fully saturated rings. The SMILES string of the molecule is NS(=O)(=O)c1ccc(OCCCC(=O)O)c2ncccc12. The molecule has 0 unspecified atom stereocenters. The number of ether oxygens (including phenoxy) is 1. The van der Waals surface area contributed by atoms with Gasteiger partial charge in [0.15, 0.2) is 0 Å². The van der Waals surface area contributed by atoms with Crippen molar-refractivity contribution in [2.24, 2.45) is 5.14 Å². The largest absolute Gasteiger partial charge is 0.491 e. The quantitative estimate of drug-likeness (QED) is 0.772. The molecule has 3 N–H and O–H groups in total. The summed E-state index contributed by atoms with van der Waals surface area (Å²) in [7, 11) is -3.86. The maximum Gasteiger partial charge on any atom is 0.303 e. The standard InChI is InChI=1S/C13H14N2O5S/c14-21(18,19)11-6-5-10(20-8-2-4-12(16)17)13-9(11)3-1-7-15-13/h1,3,5-7H,2,4,8H2,(H,16,17)(H2,14,18,19). The first-order valence-corrected chi connectivity index (χ1v) is 7.69. The number of aliphatic carboxylic acids is 1. The van der Waals surface area contributed by atoms with Gasteiger partial charge in [0.25, 0.3) is 0 Å². The van der Waals surface area contributed by atoms with Crippen LogP contribution in [0.15, 0.2) is 35.4 Å². The summed E-state index contributed by atoms with van der Waals surface area (Å²) in [6.45, 7) is 0.201. The topological polar surface area (TPSA) is 120 Å². The fourth-order valence-electron chi connectivity index (χ4n) is 1.89. The highest BCUT2D eigenvalue weighted by Crippen LogP contribution is 2.28. The van der Waals surface area contributed by atoms with Crippen molar-refractivity contribution in [1.82, 2.24) is 4.98 Å².